The molecule has 0 aliphatic heterocycles. The molecule has 0 amide bonds. The summed E-state index contributed by atoms with van der Waals surface area (Å²) in [4.78, 5) is 4.96. The van der Waals surface area contributed by atoms with E-state index in [1.807, 2.05) is 36.4 Å². The standard InChI is InChI=1S/C38H30N2O2/c1-22(2)31-19-26(25-10-6-5-7-11-25)20-32(23(3)4)35(31)29-13-9-15-33-37(29)42-38(40-33)30-14-8-12-28-27-17-16-24(21-39)18-34(27)41-36(28)30/h5-20,22-23H,1-4H3. The summed E-state index contributed by atoms with van der Waals surface area (Å²) in [5.41, 5.74) is 11.6. The summed E-state index contributed by atoms with van der Waals surface area (Å²) < 4.78 is 12.9. The minimum Gasteiger partial charge on any atom is -0.455 e. The van der Waals surface area contributed by atoms with Gasteiger partial charge in [-0.2, -0.15) is 5.26 Å². The second-order valence-electron chi connectivity index (χ2n) is 11.5. The number of nitrogens with zero attached hydrogens (tertiary/aromatic N) is 2. The highest BCUT2D eigenvalue weighted by molar-refractivity contribution is 6.09. The fraction of sp³-hybridized carbons (Fsp3) is 0.158. The summed E-state index contributed by atoms with van der Waals surface area (Å²) in [7, 11) is 0. The van der Waals surface area contributed by atoms with Crippen molar-refractivity contribution in [1.29, 1.82) is 5.26 Å². The third-order valence-corrected chi connectivity index (χ3v) is 8.09. The van der Waals surface area contributed by atoms with Crippen molar-refractivity contribution in [3.8, 4) is 39.8 Å². The lowest BCUT2D eigenvalue weighted by molar-refractivity contribution is 0.616. The number of nitriles is 1. The Kier molecular flexibility index (Phi) is 6.17. The van der Waals surface area contributed by atoms with Gasteiger partial charge in [0.15, 0.2) is 5.58 Å². The van der Waals surface area contributed by atoms with E-state index in [-0.39, 0.29) is 0 Å². The fourth-order valence-corrected chi connectivity index (χ4v) is 6.00. The van der Waals surface area contributed by atoms with Gasteiger partial charge in [-0.3, -0.25) is 0 Å². The van der Waals surface area contributed by atoms with Crippen LogP contribution in [0.3, 0.4) is 0 Å². The summed E-state index contributed by atoms with van der Waals surface area (Å²) in [6.07, 6.45) is 0. The molecule has 0 saturated heterocycles. The predicted octanol–water partition coefficient (Wildman–Crippen LogP) is 10.8. The number of hydrogen-bond donors (Lipinski definition) is 0. The molecule has 204 valence electrons. The SMILES string of the molecule is CC(C)c1cc(-c2ccccc2)cc(C(C)C)c1-c1cccc2nc(-c3cccc4c3oc3cc(C#N)ccc34)oc12. The molecule has 5 aromatic carbocycles. The van der Waals surface area contributed by atoms with Crippen LogP contribution in [0.5, 0.6) is 0 Å². The average molecular weight is 547 g/mol. The molecule has 4 heteroatoms. The van der Waals surface area contributed by atoms with E-state index in [1.165, 1.54) is 27.8 Å². The van der Waals surface area contributed by atoms with E-state index in [0.29, 0.717) is 34.5 Å². The quantitative estimate of drug-likeness (QED) is 0.215. The molecule has 7 aromatic rings. The number of furan rings is 1. The molecule has 0 unspecified atom stereocenters. The van der Waals surface area contributed by atoms with Gasteiger partial charge in [-0.15, -0.1) is 0 Å². The molecular weight excluding hydrogens is 516 g/mol. The minimum atomic E-state index is 0.307. The Morgan fingerprint density at radius 3 is 2.07 bits per heavy atom. The summed E-state index contributed by atoms with van der Waals surface area (Å²) in [6.45, 7) is 9.01. The number of benzene rings is 5. The summed E-state index contributed by atoms with van der Waals surface area (Å²) in [6, 6.07) is 35.2. The highest BCUT2D eigenvalue weighted by atomic mass is 16.4. The van der Waals surface area contributed by atoms with Crippen LogP contribution in [0.25, 0.3) is 66.7 Å². The Labute approximate surface area is 244 Å². The summed E-state index contributed by atoms with van der Waals surface area (Å²) in [5.74, 6) is 1.13. The number of aromatic nitrogens is 1. The van der Waals surface area contributed by atoms with Gasteiger partial charge in [-0.25, -0.2) is 4.98 Å². The lowest BCUT2D eigenvalue weighted by Crippen LogP contribution is -2.01. The lowest BCUT2D eigenvalue weighted by Gasteiger charge is -2.22. The maximum atomic E-state index is 9.37. The van der Waals surface area contributed by atoms with Crippen LogP contribution in [-0.2, 0) is 0 Å². The van der Waals surface area contributed by atoms with Crippen molar-refractivity contribution in [2.24, 2.45) is 0 Å². The first-order chi connectivity index (χ1) is 20.4. The van der Waals surface area contributed by atoms with Gasteiger partial charge in [0, 0.05) is 16.3 Å². The largest absolute Gasteiger partial charge is 0.455 e. The summed E-state index contributed by atoms with van der Waals surface area (Å²) in [5, 5.41) is 11.3. The van der Waals surface area contributed by atoms with E-state index in [2.05, 4.69) is 88.4 Å². The maximum absolute atomic E-state index is 9.37. The Morgan fingerprint density at radius 1 is 0.643 bits per heavy atom. The van der Waals surface area contributed by atoms with Crippen LogP contribution < -0.4 is 0 Å². The third-order valence-electron chi connectivity index (χ3n) is 8.09. The molecule has 0 bridgehead atoms. The molecule has 4 nitrogen and oxygen atoms in total. The van der Waals surface area contributed by atoms with Crippen molar-refractivity contribution in [1.82, 2.24) is 4.98 Å². The van der Waals surface area contributed by atoms with Crippen molar-refractivity contribution in [2.45, 2.75) is 39.5 Å². The first kappa shape index (κ1) is 25.8. The van der Waals surface area contributed by atoms with Gasteiger partial charge < -0.3 is 8.83 Å². The predicted molar refractivity (Wildman–Crippen MR) is 170 cm³/mol. The van der Waals surface area contributed by atoms with Gasteiger partial charge in [-0.1, -0.05) is 94.4 Å². The van der Waals surface area contributed by atoms with E-state index >= 15 is 0 Å². The van der Waals surface area contributed by atoms with Gasteiger partial charge >= 0.3 is 0 Å². The molecule has 0 fully saturated rings. The smallest absolute Gasteiger partial charge is 0.231 e. The van der Waals surface area contributed by atoms with Crippen LogP contribution in [0.15, 0.2) is 106 Å². The number of para-hydroxylation sites is 2. The second kappa shape index (κ2) is 10.0. The zero-order valence-electron chi connectivity index (χ0n) is 24.1. The highest BCUT2D eigenvalue weighted by Crippen LogP contribution is 2.44. The number of rotatable bonds is 5. The van der Waals surface area contributed by atoms with Crippen molar-refractivity contribution in [3.05, 3.63) is 114 Å². The zero-order valence-corrected chi connectivity index (χ0v) is 24.1. The third kappa shape index (κ3) is 4.17. The molecule has 0 radical (unpaired) electrons. The van der Waals surface area contributed by atoms with Crippen molar-refractivity contribution >= 4 is 33.0 Å². The van der Waals surface area contributed by atoms with Gasteiger partial charge in [0.2, 0.25) is 5.89 Å². The lowest BCUT2D eigenvalue weighted by atomic mass is 9.82. The summed E-state index contributed by atoms with van der Waals surface area (Å²) >= 11 is 0. The van der Waals surface area contributed by atoms with Crippen molar-refractivity contribution in [2.75, 3.05) is 0 Å². The fourth-order valence-electron chi connectivity index (χ4n) is 6.00. The van der Waals surface area contributed by atoms with Gasteiger partial charge in [0.1, 0.15) is 16.7 Å². The molecule has 2 heterocycles. The topological polar surface area (TPSA) is 63.0 Å². The van der Waals surface area contributed by atoms with Crippen LogP contribution >= 0.6 is 0 Å². The molecule has 0 atom stereocenters. The van der Waals surface area contributed by atoms with Crippen molar-refractivity contribution < 1.29 is 8.83 Å². The first-order valence-electron chi connectivity index (χ1n) is 14.4. The molecule has 0 aliphatic rings. The van der Waals surface area contributed by atoms with E-state index < -0.39 is 0 Å². The molecule has 0 saturated carbocycles. The highest BCUT2D eigenvalue weighted by Gasteiger charge is 2.23. The van der Waals surface area contributed by atoms with Crippen LogP contribution in [0.2, 0.25) is 0 Å². The Morgan fingerprint density at radius 2 is 1.36 bits per heavy atom. The molecule has 0 spiro atoms. The van der Waals surface area contributed by atoms with Gasteiger partial charge in [0.25, 0.3) is 0 Å². The van der Waals surface area contributed by atoms with E-state index in [9.17, 15) is 5.26 Å². The maximum Gasteiger partial charge on any atom is 0.231 e. The Hall–Kier alpha value is -5.14. The number of oxazole rings is 1. The molecular formula is C38H30N2O2. The van der Waals surface area contributed by atoms with E-state index in [4.69, 9.17) is 13.8 Å². The number of fused-ring (bicyclic) bond motifs is 4. The molecule has 2 aromatic heterocycles. The van der Waals surface area contributed by atoms with Crippen LogP contribution in [-0.4, -0.2) is 4.98 Å². The number of hydrogen-bond acceptors (Lipinski definition) is 4. The average Bonchev–Trinajstić information content (AvgIpc) is 3.62. The molecule has 7 rings (SSSR count). The van der Waals surface area contributed by atoms with E-state index in [1.54, 1.807) is 6.07 Å². The zero-order chi connectivity index (χ0) is 29.0. The first-order valence-corrected chi connectivity index (χ1v) is 14.4. The van der Waals surface area contributed by atoms with Gasteiger partial charge in [0.05, 0.1) is 17.2 Å². The Balaban J connectivity index is 1.45. The molecule has 42 heavy (non-hydrogen) atoms. The van der Waals surface area contributed by atoms with Crippen LogP contribution in [0, 0.1) is 11.3 Å². The van der Waals surface area contributed by atoms with Gasteiger partial charge in [-0.05, 0) is 70.0 Å². The molecule has 0 aliphatic carbocycles. The van der Waals surface area contributed by atoms with Crippen molar-refractivity contribution in [3.63, 3.8) is 0 Å². The monoisotopic (exact) mass is 546 g/mol. The normalized spacial score (nSPS) is 11.7. The van der Waals surface area contributed by atoms with Crippen LogP contribution in [0.4, 0.5) is 0 Å². The second-order valence-corrected chi connectivity index (χ2v) is 11.5. The molecule has 0 N–H and O–H groups in total. The van der Waals surface area contributed by atoms with Crippen LogP contribution in [0.1, 0.15) is 56.2 Å². The minimum absolute atomic E-state index is 0.307. The Bertz CT molecular complexity index is 2130. The van der Waals surface area contributed by atoms with E-state index in [0.717, 1.165) is 33.0 Å².